The van der Waals surface area contributed by atoms with Gasteiger partial charge in [0.1, 0.15) is 28.9 Å². The summed E-state index contributed by atoms with van der Waals surface area (Å²) in [6.07, 6.45) is -2.97. The molecule has 1 atom stereocenters. The zero-order valence-corrected chi connectivity index (χ0v) is 19.9. The number of carboxylic acid groups (broad SMARTS) is 1. The van der Waals surface area contributed by atoms with Gasteiger partial charge in [-0.05, 0) is 36.8 Å². The number of hydrogen-bond donors (Lipinski definition) is 1. The minimum atomic E-state index is -1.64. The maximum atomic E-state index is 13.2. The van der Waals surface area contributed by atoms with Crippen LogP contribution in [-0.2, 0) is 27.4 Å². The van der Waals surface area contributed by atoms with Crippen LogP contribution in [0.5, 0.6) is 11.5 Å². The highest BCUT2D eigenvalue weighted by Gasteiger charge is 2.31. The number of hydrogen-bond acceptors (Lipinski definition) is 11. The van der Waals surface area contributed by atoms with E-state index in [0.29, 0.717) is 11.3 Å². The Hall–Kier alpha value is -5.01. The SMILES string of the molecule is COc1ccc(CC(=O)OCn2nc(C(=O)c3ccc(OC)cc3[N+](=O)[O-])c(C(C)OC(=O)O)n2)cc1. The van der Waals surface area contributed by atoms with Crippen molar-refractivity contribution >= 4 is 23.6 Å². The Morgan fingerprint density at radius 1 is 1.05 bits per heavy atom. The van der Waals surface area contributed by atoms with Gasteiger partial charge in [0, 0.05) is 0 Å². The molecular weight excluding hydrogens is 492 g/mol. The fourth-order valence-electron chi connectivity index (χ4n) is 3.26. The van der Waals surface area contributed by atoms with Crippen molar-refractivity contribution in [3.63, 3.8) is 0 Å². The summed E-state index contributed by atoms with van der Waals surface area (Å²) in [6.45, 7) is 0.789. The van der Waals surface area contributed by atoms with Gasteiger partial charge in [0.25, 0.3) is 5.69 Å². The smallest absolute Gasteiger partial charge is 0.497 e. The molecule has 2 aromatic carbocycles. The first-order chi connectivity index (χ1) is 17.6. The summed E-state index contributed by atoms with van der Waals surface area (Å²) in [5, 5.41) is 28.6. The number of carbonyl (C=O) groups is 3. The van der Waals surface area contributed by atoms with Crippen LogP contribution in [0.15, 0.2) is 42.5 Å². The predicted octanol–water partition coefficient (Wildman–Crippen LogP) is 2.93. The number of nitro benzene ring substituents is 1. The Bertz CT molecular complexity index is 1320. The van der Waals surface area contributed by atoms with Crippen molar-refractivity contribution < 1.29 is 43.4 Å². The van der Waals surface area contributed by atoms with E-state index < -0.39 is 47.0 Å². The van der Waals surface area contributed by atoms with E-state index in [4.69, 9.17) is 24.1 Å². The molecule has 3 rings (SSSR count). The van der Waals surface area contributed by atoms with Crippen LogP contribution in [0.1, 0.15) is 40.3 Å². The second-order valence-corrected chi connectivity index (χ2v) is 7.47. The third-order valence-corrected chi connectivity index (χ3v) is 5.05. The Morgan fingerprint density at radius 3 is 2.30 bits per heavy atom. The molecule has 14 heteroatoms. The van der Waals surface area contributed by atoms with E-state index in [0.717, 1.165) is 10.9 Å². The number of nitrogens with zero attached hydrogens (tertiary/aromatic N) is 4. The number of methoxy groups -OCH3 is 2. The van der Waals surface area contributed by atoms with E-state index in [9.17, 15) is 24.5 Å². The first-order valence-corrected chi connectivity index (χ1v) is 10.6. The highest BCUT2D eigenvalue weighted by Crippen LogP contribution is 2.28. The number of aromatic nitrogens is 3. The minimum Gasteiger partial charge on any atom is -0.497 e. The molecule has 37 heavy (non-hydrogen) atoms. The maximum absolute atomic E-state index is 13.2. The number of carbonyl (C=O) groups excluding carboxylic acids is 2. The molecule has 0 saturated heterocycles. The molecule has 1 aromatic heterocycles. The van der Waals surface area contributed by atoms with Gasteiger partial charge >= 0.3 is 12.1 Å². The average Bonchev–Trinajstić information content (AvgIpc) is 3.31. The molecule has 0 fully saturated rings. The lowest BCUT2D eigenvalue weighted by atomic mass is 10.0. The van der Waals surface area contributed by atoms with Crippen LogP contribution >= 0.6 is 0 Å². The fourth-order valence-corrected chi connectivity index (χ4v) is 3.26. The van der Waals surface area contributed by atoms with Gasteiger partial charge in [-0.2, -0.15) is 5.10 Å². The molecule has 1 N–H and O–H groups in total. The molecule has 0 radical (unpaired) electrons. The first kappa shape index (κ1) is 26.6. The molecule has 0 aliphatic carbocycles. The van der Waals surface area contributed by atoms with Gasteiger partial charge in [0.05, 0.1) is 31.6 Å². The Balaban J connectivity index is 1.86. The molecule has 1 heterocycles. The van der Waals surface area contributed by atoms with Gasteiger partial charge in [-0.15, -0.1) is 9.90 Å². The van der Waals surface area contributed by atoms with E-state index in [1.54, 1.807) is 24.3 Å². The topological polar surface area (TPSA) is 182 Å². The van der Waals surface area contributed by atoms with Crippen LogP contribution in [0.4, 0.5) is 10.5 Å². The monoisotopic (exact) mass is 514 g/mol. The predicted molar refractivity (Wildman–Crippen MR) is 123 cm³/mol. The summed E-state index contributed by atoms with van der Waals surface area (Å²) in [5.74, 6) is -0.769. The zero-order valence-electron chi connectivity index (χ0n) is 19.9. The van der Waals surface area contributed by atoms with E-state index in [2.05, 4.69) is 10.2 Å². The van der Waals surface area contributed by atoms with Crippen molar-refractivity contribution in [3.8, 4) is 11.5 Å². The van der Waals surface area contributed by atoms with Crippen molar-refractivity contribution in [1.29, 1.82) is 0 Å². The van der Waals surface area contributed by atoms with Gasteiger partial charge in [0.15, 0.2) is 5.69 Å². The third kappa shape index (κ3) is 6.56. The minimum absolute atomic E-state index is 0.0690. The normalized spacial score (nSPS) is 11.3. The number of ketones is 1. The lowest BCUT2D eigenvalue weighted by molar-refractivity contribution is -0.385. The van der Waals surface area contributed by atoms with Gasteiger partial charge in [0.2, 0.25) is 12.5 Å². The van der Waals surface area contributed by atoms with Crippen LogP contribution in [0.25, 0.3) is 0 Å². The van der Waals surface area contributed by atoms with Crippen molar-refractivity contribution in [2.45, 2.75) is 26.2 Å². The van der Waals surface area contributed by atoms with E-state index >= 15 is 0 Å². The van der Waals surface area contributed by atoms with Crippen molar-refractivity contribution in [1.82, 2.24) is 15.0 Å². The molecule has 0 aliphatic heterocycles. The van der Waals surface area contributed by atoms with Crippen molar-refractivity contribution in [2.24, 2.45) is 0 Å². The molecule has 3 aromatic rings. The summed E-state index contributed by atoms with van der Waals surface area (Å²) in [7, 11) is 2.83. The second kappa shape index (κ2) is 11.6. The van der Waals surface area contributed by atoms with Gasteiger partial charge in [-0.3, -0.25) is 19.7 Å². The molecular formula is C23H22N4O10. The number of esters is 1. The quantitative estimate of drug-likeness (QED) is 0.171. The van der Waals surface area contributed by atoms with Gasteiger partial charge < -0.3 is 24.1 Å². The van der Waals surface area contributed by atoms with Crippen LogP contribution in [0.3, 0.4) is 0 Å². The molecule has 14 nitrogen and oxygen atoms in total. The summed E-state index contributed by atoms with van der Waals surface area (Å²) >= 11 is 0. The summed E-state index contributed by atoms with van der Waals surface area (Å²) in [5.41, 5.74) is -0.858. The van der Waals surface area contributed by atoms with Gasteiger partial charge in [-0.25, -0.2) is 4.79 Å². The average molecular weight is 514 g/mol. The van der Waals surface area contributed by atoms with Crippen LogP contribution in [0, 0.1) is 10.1 Å². The molecule has 0 saturated carbocycles. The van der Waals surface area contributed by atoms with Gasteiger partial charge in [-0.1, -0.05) is 12.1 Å². The van der Waals surface area contributed by atoms with Crippen LogP contribution in [0.2, 0.25) is 0 Å². The molecule has 0 amide bonds. The lowest BCUT2D eigenvalue weighted by Crippen LogP contribution is -2.14. The molecule has 0 spiro atoms. The largest absolute Gasteiger partial charge is 0.506 e. The summed E-state index contributed by atoms with van der Waals surface area (Å²) in [4.78, 5) is 48.2. The first-order valence-electron chi connectivity index (χ1n) is 10.6. The number of benzene rings is 2. The number of rotatable bonds is 11. The van der Waals surface area contributed by atoms with E-state index in [1.165, 1.54) is 33.3 Å². The highest BCUT2D eigenvalue weighted by molar-refractivity contribution is 6.11. The standard InChI is InChI=1S/C23H22N4O10/c1-13(37-23(30)31)20-21(22(29)17-9-8-16(35-3)11-18(17)27(32)33)25-26(24-20)12-36-19(28)10-14-4-6-15(34-2)7-5-14/h4-9,11,13H,10,12H2,1-3H3,(H,30,31). The lowest BCUT2D eigenvalue weighted by Gasteiger charge is -2.09. The Labute approximate surface area is 209 Å². The zero-order chi connectivity index (χ0) is 27.1. The molecule has 0 aliphatic rings. The molecule has 194 valence electrons. The number of ether oxygens (including phenoxy) is 4. The van der Waals surface area contributed by atoms with Crippen molar-refractivity contribution in [2.75, 3.05) is 14.2 Å². The Kier molecular flexibility index (Phi) is 8.35. The van der Waals surface area contributed by atoms with Crippen LogP contribution in [-0.4, -0.2) is 57.2 Å². The fraction of sp³-hybridized carbons (Fsp3) is 0.261. The van der Waals surface area contributed by atoms with Crippen molar-refractivity contribution in [3.05, 3.63) is 75.1 Å². The number of nitro groups is 1. The maximum Gasteiger partial charge on any atom is 0.506 e. The highest BCUT2D eigenvalue weighted by atomic mass is 16.7. The molecule has 1 unspecified atom stereocenters. The van der Waals surface area contributed by atoms with E-state index in [-0.39, 0.29) is 23.4 Å². The van der Waals surface area contributed by atoms with E-state index in [1.807, 2.05) is 0 Å². The molecule has 0 bridgehead atoms. The third-order valence-electron chi connectivity index (χ3n) is 5.05. The summed E-state index contributed by atoms with van der Waals surface area (Å²) < 4.78 is 19.9. The Morgan fingerprint density at radius 2 is 1.70 bits per heavy atom. The summed E-state index contributed by atoms with van der Waals surface area (Å²) in [6, 6.07) is 10.3. The second-order valence-electron chi connectivity index (χ2n) is 7.47. The van der Waals surface area contributed by atoms with Crippen LogP contribution < -0.4 is 9.47 Å².